The van der Waals surface area contributed by atoms with Gasteiger partial charge >= 0.3 is 6.61 Å². The molecule has 2 nitrogen and oxygen atoms in total. The highest BCUT2D eigenvalue weighted by atomic mass is 19.2. The minimum absolute atomic E-state index is 0.0515. The van der Waals surface area contributed by atoms with Gasteiger partial charge in [-0.15, -0.1) is 0 Å². The first-order chi connectivity index (χ1) is 5.72. The summed E-state index contributed by atoms with van der Waals surface area (Å²) in [7, 11) is 0. The molecule has 64 valence electrons. The fraction of sp³-hybridized carbons (Fsp3) is 0.125. The second kappa shape index (κ2) is 3.80. The molecule has 0 fully saturated rings. The molecule has 0 radical (unpaired) electrons. The Morgan fingerprint density at radius 2 is 1.83 bits per heavy atom. The number of ether oxygens (including phenoxy) is 1. The molecule has 1 rings (SSSR count). The van der Waals surface area contributed by atoms with Crippen molar-refractivity contribution in [3.8, 4) is 5.75 Å². The van der Waals surface area contributed by atoms with Crippen LogP contribution in [-0.4, -0.2) is 12.9 Å². The third-order valence-corrected chi connectivity index (χ3v) is 1.24. The number of halogens is 2. The lowest BCUT2D eigenvalue weighted by atomic mass is 10.2. The van der Waals surface area contributed by atoms with Crippen LogP contribution in [0, 0.1) is 0 Å². The van der Waals surface area contributed by atoms with Crippen LogP contribution in [0.4, 0.5) is 8.78 Å². The molecule has 0 N–H and O–H groups in total. The molecule has 1 aromatic carbocycles. The molecule has 0 amide bonds. The van der Waals surface area contributed by atoms with Crippen molar-refractivity contribution < 1.29 is 18.3 Å². The van der Waals surface area contributed by atoms with E-state index >= 15 is 0 Å². The van der Waals surface area contributed by atoms with Gasteiger partial charge in [0.15, 0.2) is 0 Å². The van der Waals surface area contributed by atoms with Crippen molar-refractivity contribution in [3.63, 3.8) is 0 Å². The van der Waals surface area contributed by atoms with Crippen molar-refractivity contribution in [3.05, 3.63) is 29.8 Å². The van der Waals surface area contributed by atoms with Gasteiger partial charge in [-0.25, -0.2) is 0 Å². The Hall–Kier alpha value is -1.45. The van der Waals surface area contributed by atoms with E-state index in [4.69, 9.17) is 0 Å². The summed E-state index contributed by atoms with van der Waals surface area (Å²) in [5.74, 6) is 0.0515. The Labute approximate surface area is 67.8 Å². The molecule has 0 aromatic heterocycles. The van der Waals surface area contributed by atoms with Crippen molar-refractivity contribution in [2.24, 2.45) is 0 Å². The summed E-state index contributed by atoms with van der Waals surface area (Å²) in [5.41, 5.74) is 0.427. The van der Waals surface area contributed by atoms with E-state index in [1.165, 1.54) is 24.3 Å². The summed E-state index contributed by atoms with van der Waals surface area (Å²) in [5, 5.41) is 0. The maximum absolute atomic E-state index is 11.6. The van der Waals surface area contributed by atoms with Gasteiger partial charge in [0.2, 0.25) is 0 Å². The summed E-state index contributed by atoms with van der Waals surface area (Å²) in [6.07, 6.45) is 0.631. The van der Waals surface area contributed by atoms with E-state index < -0.39 is 6.61 Å². The van der Waals surface area contributed by atoms with Crippen molar-refractivity contribution in [2.75, 3.05) is 0 Å². The quantitative estimate of drug-likeness (QED) is 0.651. The van der Waals surface area contributed by atoms with E-state index in [9.17, 15) is 13.6 Å². The lowest BCUT2D eigenvalue weighted by Crippen LogP contribution is -2.01. The second-order valence-corrected chi connectivity index (χ2v) is 2.07. The van der Waals surface area contributed by atoms with Crippen LogP contribution < -0.4 is 4.74 Å². The highest BCUT2D eigenvalue weighted by molar-refractivity contribution is 5.74. The minimum Gasteiger partial charge on any atom is -0.435 e. The Kier molecular flexibility index (Phi) is 2.74. The molecule has 1 aromatic rings. The van der Waals surface area contributed by atoms with Gasteiger partial charge in [-0.05, 0) is 24.3 Å². The van der Waals surface area contributed by atoms with Crippen molar-refractivity contribution in [1.82, 2.24) is 0 Å². The standard InChI is InChI=1S/C8H6F2O2/c9-8(10)12-7-3-1-6(5-11)2-4-7/h1-5,8H/i9-1. The molecule has 1 unspecified atom stereocenters. The zero-order chi connectivity index (χ0) is 8.97. The van der Waals surface area contributed by atoms with E-state index in [0.717, 1.165) is 0 Å². The maximum atomic E-state index is 11.6. The molecule has 0 bridgehead atoms. The zero-order valence-electron chi connectivity index (χ0n) is 6.04. The van der Waals surface area contributed by atoms with Gasteiger partial charge in [0.1, 0.15) is 12.0 Å². The number of rotatable bonds is 3. The second-order valence-electron chi connectivity index (χ2n) is 2.07. The number of carbonyl (C=O) groups excluding carboxylic acids is 1. The smallest absolute Gasteiger partial charge is 0.387 e. The molecule has 0 aliphatic carbocycles. The van der Waals surface area contributed by atoms with Crippen LogP contribution in [0.1, 0.15) is 10.4 Å². The fourth-order valence-corrected chi connectivity index (χ4v) is 0.728. The summed E-state index contributed by atoms with van der Waals surface area (Å²) in [6, 6.07) is 5.45. The van der Waals surface area contributed by atoms with Crippen LogP contribution in [0.15, 0.2) is 24.3 Å². The highest BCUT2D eigenvalue weighted by Gasteiger charge is 2.02. The molecule has 1 atom stereocenters. The Morgan fingerprint density at radius 3 is 2.25 bits per heavy atom. The molecule has 0 aliphatic rings. The third-order valence-electron chi connectivity index (χ3n) is 1.24. The Bertz CT molecular complexity index is 256. The minimum atomic E-state index is -2.83. The van der Waals surface area contributed by atoms with Crippen LogP contribution in [0.2, 0.25) is 0 Å². The lowest BCUT2D eigenvalue weighted by molar-refractivity contribution is -0.0498. The molecule has 0 saturated heterocycles. The zero-order valence-corrected chi connectivity index (χ0v) is 6.04. The number of aldehydes is 1. The molecule has 0 saturated carbocycles. The number of carbonyl (C=O) groups is 1. The topological polar surface area (TPSA) is 26.3 Å². The van der Waals surface area contributed by atoms with Crippen molar-refractivity contribution >= 4 is 6.29 Å². The van der Waals surface area contributed by atoms with E-state index in [0.29, 0.717) is 11.8 Å². The van der Waals surface area contributed by atoms with Crippen molar-refractivity contribution in [2.45, 2.75) is 6.61 Å². The Morgan fingerprint density at radius 1 is 1.25 bits per heavy atom. The van der Waals surface area contributed by atoms with Gasteiger partial charge < -0.3 is 4.74 Å². The van der Waals surface area contributed by atoms with Gasteiger partial charge in [-0.3, -0.25) is 4.79 Å². The van der Waals surface area contributed by atoms with Crippen molar-refractivity contribution in [1.29, 1.82) is 0 Å². The first-order valence-electron chi connectivity index (χ1n) is 3.22. The number of benzene rings is 1. The fourth-order valence-electron chi connectivity index (χ4n) is 0.728. The normalized spacial score (nSPS) is 12.2. The van der Waals surface area contributed by atoms with E-state index in [2.05, 4.69) is 4.74 Å². The Balaban J connectivity index is 2.71. The van der Waals surface area contributed by atoms with Crippen LogP contribution >= 0.6 is 0 Å². The van der Waals surface area contributed by atoms with E-state index in [1.807, 2.05) is 0 Å². The monoisotopic (exact) mass is 171 g/mol. The average Bonchev–Trinajstić information content (AvgIpc) is 2.05. The van der Waals surface area contributed by atoms with E-state index in [1.54, 1.807) is 0 Å². The van der Waals surface area contributed by atoms with Gasteiger partial charge in [-0.2, -0.15) is 8.78 Å². The molecule has 0 spiro atoms. The lowest BCUT2D eigenvalue weighted by Gasteiger charge is -2.02. The largest absolute Gasteiger partial charge is 0.435 e. The average molecular weight is 171 g/mol. The number of hydrogen-bond acceptors (Lipinski definition) is 2. The summed E-state index contributed by atoms with van der Waals surface area (Å²) in [4.78, 5) is 10.2. The summed E-state index contributed by atoms with van der Waals surface area (Å²) >= 11 is 0. The molecular formula is C8H6F2O2. The molecule has 0 heterocycles. The SMILES string of the molecule is O=Cc1ccc(OC(F)[18F])cc1. The number of hydrogen-bond donors (Lipinski definition) is 0. The van der Waals surface area contributed by atoms with Crippen LogP contribution in [0.25, 0.3) is 0 Å². The number of alkyl halides is 2. The van der Waals surface area contributed by atoms with Gasteiger partial charge in [0.05, 0.1) is 0 Å². The maximum Gasteiger partial charge on any atom is 0.387 e. The summed E-state index contributed by atoms with van der Waals surface area (Å²) < 4.78 is 27.3. The molecule has 0 aliphatic heterocycles. The van der Waals surface area contributed by atoms with Crippen LogP contribution in [0.5, 0.6) is 5.75 Å². The van der Waals surface area contributed by atoms with Gasteiger partial charge in [0, 0.05) is 5.56 Å². The first-order valence-corrected chi connectivity index (χ1v) is 3.22. The predicted molar refractivity (Wildman–Crippen MR) is 38.5 cm³/mol. The third kappa shape index (κ3) is 2.30. The predicted octanol–water partition coefficient (Wildman–Crippen LogP) is 2.10. The highest BCUT2D eigenvalue weighted by Crippen LogP contribution is 2.13. The molecule has 12 heavy (non-hydrogen) atoms. The molecule has 4 heteroatoms. The van der Waals surface area contributed by atoms with Gasteiger partial charge in [0.25, 0.3) is 0 Å². The first kappa shape index (κ1) is 8.64. The summed E-state index contributed by atoms with van der Waals surface area (Å²) in [6.45, 7) is -2.83. The van der Waals surface area contributed by atoms with Crippen LogP contribution in [-0.2, 0) is 0 Å². The van der Waals surface area contributed by atoms with Crippen LogP contribution in [0.3, 0.4) is 0 Å². The van der Waals surface area contributed by atoms with Gasteiger partial charge in [-0.1, -0.05) is 0 Å². The van der Waals surface area contributed by atoms with E-state index in [-0.39, 0.29) is 5.75 Å². The molecular weight excluding hydrogens is 165 g/mol.